The third-order valence-electron chi connectivity index (χ3n) is 5.46. The van der Waals surface area contributed by atoms with Gasteiger partial charge in [-0.2, -0.15) is 14.7 Å². The number of aryl methyl sites for hydroxylation is 1. The number of nitrogens with zero attached hydrogens (tertiary/aromatic N) is 6. The second-order valence-corrected chi connectivity index (χ2v) is 9.32. The lowest BCUT2D eigenvalue weighted by molar-refractivity contribution is -0.385. The molecule has 0 unspecified atom stereocenters. The zero-order valence-corrected chi connectivity index (χ0v) is 17.6. The molecule has 10 nitrogen and oxygen atoms in total. The van der Waals surface area contributed by atoms with Crippen molar-refractivity contribution >= 4 is 21.2 Å². The van der Waals surface area contributed by atoms with E-state index in [9.17, 15) is 18.5 Å². The van der Waals surface area contributed by atoms with Crippen LogP contribution in [-0.4, -0.2) is 58.3 Å². The van der Waals surface area contributed by atoms with Crippen LogP contribution in [0.1, 0.15) is 16.7 Å². The first kappa shape index (κ1) is 20.9. The molecule has 1 aliphatic rings. The van der Waals surface area contributed by atoms with E-state index in [-0.39, 0.29) is 23.7 Å². The van der Waals surface area contributed by atoms with E-state index in [1.54, 1.807) is 36.0 Å². The van der Waals surface area contributed by atoms with Crippen LogP contribution in [0.4, 0.5) is 5.69 Å². The van der Waals surface area contributed by atoms with Gasteiger partial charge in [0.25, 0.3) is 5.69 Å². The van der Waals surface area contributed by atoms with Crippen LogP contribution in [0.5, 0.6) is 0 Å². The van der Waals surface area contributed by atoms with Crippen molar-refractivity contribution in [2.45, 2.75) is 18.4 Å². The number of hydrogen-bond donors (Lipinski definition) is 0. The lowest BCUT2D eigenvalue weighted by Crippen LogP contribution is -2.48. The molecular formula is C20H20N6O4S. The third-order valence-corrected chi connectivity index (χ3v) is 7.50. The van der Waals surface area contributed by atoms with Crippen molar-refractivity contribution in [2.75, 3.05) is 26.2 Å². The zero-order valence-electron chi connectivity index (χ0n) is 16.8. The van der Waals surface area contributed by atoms with Gasteiger partial charge in [0, 0.05) is 56.6 Å². The van der Waals surface area contributed by atoms with E-state index >= 15 is 0 Å². The van der Waals surface area contributed by atoms with Crippen LogP contribution in [0.2, 0.25) is 0 Å². The Hall–Kier alpha value is -3.33. The number of sulfonamides is 1. The number of nitro benzene ring substituents is 1. The highest BCUT2D eigenvalue weighted by atomic mass is 32.2. The minimum atomic E-state index is -3.83. The molecular weight excluding hydrogens is 420 g/mol. The molecule has 160 valence electrons. The monoisotopic (exact) mass is 440 g/mol. The van der Waals surface area contributed by atoms with Crippen molar-refractivity contribution in [2.24, 2.45) is 0 Å². The number of non-ortho nitro benzene ring substituents is 1. The summed E-state index contributed by atoms with van der Waals surface area (Å²) >= 11 is 0. The van der Waals surface area contributed by atoms with Gasteiger partial charge in [-0.25, -0.2) is 12.9 Å². The third kappa shape index (κ3) is 4.00. The van der Waals surface area contributed by atoms with Crippen molar-refractivity contribution in [3.63, 3.8) is 0 Å². The van der Waals surface area contributed by atoms with E-state index < -0.39 is 14.9 Å². The summed E-state index contributed by atoms with van der Waals surface area (Å²) in [5.74, 6) is 0. The largest absolute Gasteiger partial charge is 0.296 e. The average Bonchev–Trinajstić information content (AvgIpc) is 3.16. The molecule has 0 aliphatic carbocycles. The fraction of sp³-hybridized carbons (Fsp3) is 0.300. The number of aromatic nitrogens is 2. The molecule has 0 N–H and O–H groups in total. The molecule has 0 amide bonds. The molecule has 1 fully saturated rings. The van der Waals surface area contributed by atoms with E-state index in [2.05, 4.69) is 16.1 Å². The first-order valence-electron chi connectivity index (χ1n) is 9.63. The zero-order chi connectivity index (χ0) is 22.2. The van der Waals surface area contributed by atoms with E-state index in [0.717, 1.165) is 17.1 Å². The molecule has 0 spiro atoms. The maximum atomic E-state index is 13.1. The fourth-order valence-electron chi connectivity index (χ4n) is 3.71. The summed E-state index contributed by atoms with van der Waals surface area (Å²) in [6.45, 7) is 3.82. The molecule has 1 saturated heterocycles. The highest BCUT2D eigenvalue weighted by Gasteiger charge is 2.31. The summed E-state index contributed by atoms with van der Waals surface area (Å²) in [7, 11) is -3.83. The molecule has 4 rings (SSSR count). The average molecular weight is 440 g/mol. The van der Waals surface area contributed by atoms with Crippen molar-refractivity contribution in [3.8, 4) is 6.07 Å². The van der Waals surface area contributed by atoms with E-state index in [1.165, 1.54) is 16.4 Å². The van der Waals surface area contributed by atoms with Gasteiger partial charge in [0.1, 0.15) is 0 Å². The Labute approximate surface area is 179 Å². The predicted octanol–water partition coefficient (Wildman–Crippen LogP) is 1.93. The molecule has 0 radical (unpaired) electrons. The van der Waals surface area contributed by atoms with Crippen LogP contribution in [0.15, 0.2) is 47.6 Å². The molecule has 3 aromatic rings. The number of nitro groups is 1. The minimum absolute atomic E-state index is 0.0261. The Bertz CT molecular complexity index is 1300. The second-order valence-electron chi connectivity index (χ2n) is 7.41. The molecule has 0 bridgehead atoms. The van der Waals surface area contributed by atoms with Gasteiger partial charge >= 0.3 is 0 Å². The number of nitriles is 1. The summed E-state index contributed by atoms with van der Waals surface area (Å²) in [5.41, 5.74) is 2.60. The molecule has 1 aromatic carbocycles. The van der Waals surface area contributed by atoms with Gasteiger partial charge in [-0.3, -0.25) is 15.0 Å². The van der Waals surface area contributed by atoms with Crippen LogP contribution in [0.3, 0.4) is 0 Å². The van der Waals surface area contributed by atoms with Crippen molar-refractivity contribution in [1.29, 1.82) is 5.26 Å². The number of hydrogen-bond acceptors (Lipinski definition) is 7. The molecule has 2 aromatic heterocycles. The van der Waals surface area contributed by atoms with Gasteiger partial charge in [0.15, 0.2) is 0 Å². The first-order valence-corrected chi connectivity index (χ1v) is 11.1. The highest BCUT2D eigenvalue weighted by molar-refractivity contribution is 7.89. The molecule has 0 saturated carbocycles. The second kappa shape index (κ2) is 8.07. The van der Waals surface area contributed by atoms with Crippen molar-refractivity contribution < 1.29 is 13.3 Å². The molecule has 3 heterocycles. The van der Waals surface area contributed by atoms with Crippen LogP contribution >= 0.6 is 0 Å². The maximum Gasteiger partial charge on any atom is 0.270 e. The Kier molecular flexibility index (Phi) is 5.45. The van der Waals surface area contributed by atoms with Crippen molar-refractivity contribution in [1.82, 2.24) is 18.8 Å². The SMILES string of the molecule is Cc1ccc([N+](=O)[O-])cc1S(=O)(=O)N1CCN(Cc2cnn3ccc(C#N)cc23)CC1. The number of fused-ring (bicyclic) bond motifs is 1. The molecule has 11 heteroatoms. The smallest absolute Gasteiger partial charge is 0.270 e. The Balaban J connectivity index is 1.48. The van der Waals surface area contributed by atoms with Crippen LogP contribution in [0, 0.1) is 28.4 Å². The quantitative estimate of drug-likeness (QED) is 0.438. The minimum Gasteiger partial charge on any atom is -0.296 e. The van der Waals surface area contributed by atoms with Crippen LogP contribution in [0.25, 0.3) is 5.52 Å². The van der Waals surface area contributed by atoms with E-state index in [4.69, 9.17) is 5.26 Å². The standard InChI is InChI=1S/C20H20N6O4S/c1-15-2-3-18(26(27)28)11-20(15)31(29,30)24-8-6-23(7-9-24)14-17-13-22-25-5-4-16(12-21)10-19(17)25/h2-5,10-11,13H,6-9,14H2,1H3. The fourth-order valence-corrected chi connectivity index (χ4v) is 5.38. The van der Waals surface area contributed by atoms with E-state index in [1.807, 2.05) is 0 Å². The van der Waals surface area contributed by atoms with Gasteiger partial charge in [0.05, 0.1) is 33.2 Å². The van der Waals surface area contributed by atoms with Gasteiger partial charge in [0.2, 0.25) is 10.0 Å². The summed E-state index contributed by atoms with van der Waals surface area (Å²) in [6, 6.07) is 9.50. The highest BCUT2D eigenvalue weighted by Crippen LogP contribution is 2.26. The Morgan fingerprint density at radius 1 is 1.19 bits per heavy atom. The van der Waals surface area contributed by atoms with Gasteiger partial charge in [-0.1, -0.05) is 6.07 Å². The number of piperazine rings is 1. The van der Waals surface area contributed by atoms with Gasteiger partial charge in [-0.15, -0.1) is 0 Å². The molecule has 1 aliphatic heterocycles. The maximum absolute atomic E-state index is 13.1. The first-order chi connectivity index (χ1) is 14.8. The van der Waals surface area contributed by atoms with Crippen LogP contribution < -0.4 is 0 Å². The number of pyridine rings is 1. The summed E-state index contributed by atoms with van der Waals surface area (Å²) < 4.78 is 29.3. The number of benzene rings is 1. The lowest BCUT2D eigenvalue weighted by atomic mass is 10.2. The normalized spacial score (nSPS) is 15.7. The Morgan fingerprint density at radius 2 is 1.94 bits per heavy atom. The predicted molar refractivity (Wildman–Crippen MR) is 112 cm³/mol. The Morgan fingerprint density at radius 3 is 2.61 bits per heavy atom. The summed E-state index contributed by atoms with van der Waals surface area (Å²) in [6.07, 6.45) is 3.50. The topological polar surface area (TPSA) is 125 Å². The van der Waals surface area contributed by atoms with Gasteiger partial charge in [-0.05, 0) is 24.6 Å². The summed E-state index contributed by atoms with van der Waals surface area (Å²) in [4.78, 5) is 12.6. The number of rotatable bonds is 5. The molecule has 31 heavy (non-hydrogen) atoms. The van der Waals surface area contributed by atoms with Crippen molar-refractivity contribution in [3.05, 3.63) is 69.5 Å². The van der Waals surface area contributed by atoms with Crippen LogP contribution in [-0.2, 0) is 16.6 Å². The lowest BCUT2D eigenvalue weighted by Gasteiger charge is -2.34. The van der Waals surface area contributed by atoms with Gasteiger partial charge < -0.3 is 0 Å². The van der Waals surface area contributed by atoms with E-state index in [0.29, 0.717) is 30.8 Å². The molecule has 0 atom stereocenters. The summed E-state index contributed by atoms with van der Waals surface area (Å²) in [5, 5.41) is 24.5.